The largest absolute Gasteiger partial charge is 0.497 e. The number of likely N-dealkylation sites (tertiary alicyclic amines) is 1. The van der Waals surface area contributed by atoms with E-state index in [0.717, 1.165) is 30.7 Å². The number of hydrogen-bond acceptors (Lipinski definition) is 5. The molecule has 0 bridgehead atoms. The van der Waals surface area contributed by atoms with E-state index in [1.165, 1.54) is 12.4 Å². The summed E-state index contributed by atoms with van der Waals surface area (Å²) in [5.74, 6) is 0.964. The smallest absolute Gasteiger partial charge is 0.316 e. The maximum Gasteiger partial charge on any atom is 0.316 e. The number of nitrogens with zero attached hydrogens (tertiary/aromatic N) is 3. The van der Waals surface area contributed by atoms with Crippen molar-refractivity contribution in [3.05, 3.63) is 47.2 Å². The maximum atomic E-state index is 12.5. The van der Waals surface area contributed by atoms with Crippen LogP contribution in [0.15, 0.2) is 36.7 Å². The molecule has 2 aromatic rings. The Morgan fingerprint density at radius 1 is 1.27 bits per heavy atom. The first kappa shape index (κ1) is 18.5. The minimum Gasteiger partial charge on any atom is -0.497 e. The van der Waals surface area contributed by atoms with Gasteiger partial charge in [-0.1, -0.05) is 23.7 Å². The van der Waals surface area contributed by atoms with Crippen LogP contribution in [0, 0.1) is 0 Å². The van der Waals surface area contributed by atoms with Gasteiger partial charge in [0.15, 0.2) is 0 Å². The number of carbonyl (C=O) groups excluding carboxylic acids is 1. The Hall–Kier alpha value is -2.34. The fourth-order valence-corrected chi connectivity index (χ4v) is 3.07. The standard InChI is InChI=1S/C19H22ClN3O3/c1-25-16-7-4-14(5-8-16)6-9-18(24)23-10-2-3-17(13-23)26-19-21-11-15(20)12-22-19/h4-5,7-8,11-12,17H,2-3,6,9-10,13H2,1H3. The summed E-state index contributed by atoms with van der Waals surface area (Å²) in [6.07, 6.45) is 5.91. The van der Waals surface area contributed by atoms with Crippen molar-refractivity contribution in [1.29, 1.82) is 0 Å². The number of ether oxygens (including phenoxy) is 2. The number of hydrogen-bond donors (Lipinski definition) is 0. The highest BCUT2D eigenvalue weighted by Gasteiger charge is 2.25. The second kappa shape index (κ2) is 8.85. The van der Waals surface area contributed by atoms with Gasteiger partial charge in [-0.25, -0.2) is 9.97 Å². The fraction of sp³-hybridized carbons (Fsp3) is 0.421. The molecule has 1 unspecified atom stereocenters. The number of rotatable bonds is 6. The first-order chi connectivity index (χ1) is 12.6. The molecular weight excluding hydrogens is 354 g/mol. The van der Waals surface area contributed by atoms with Crippen molar-refractivity contribution in [2.45, 2.75) is 31.8 Å². The lowest BCUT2D eigenvalue weighted by molar-refractivity contribution is -0.133. The van der Waals surface area contributed by atoms with Crippen LogP contribution in [0.5, 0.6) is 11.8 Å². The normalized spacial score (nSPS) is 17.0. The molecule has 0 aliphatic carbocycles. The number of aryl methyl sites for hydroxylation is 1. The zero-order valence-electron chi connectivity index (χ0n) is 14.7. The second-order valence-electron chi connectivity index (χ2n) is 6.25. The predicted molar refractivity (Wildman–Crippen MR) is 98.6 cm³/mol. The van der Waals surface area contributed by atoms with Crippen LogP contribution in [-0.2, 0) is 11.2 Å². The molecule has 26 heavy (non-hydrogen) atoms. The molecule has 0 radical (unpaired) electrons. The number of methoxy groups -OCH3 is 1. The highest BCUT2D eigenvalue weighted by Crippen LogP contribution is 2.18. The minimum atomic E-state index is -0.0881. The third-order valence-corrected chi connectivity index (χ3v) is 4.58. The fourth-order valence-electron chi connectivity index (χ4n) is 2.97. The van der Waals surface area contributed by atoms with Crippen molar-refractivity contribution in [1.82, 2.24) is 14.9 Å². The molecule has 6 nitrogen and oxygen atoms in total. The quantitative estimate of drug-likeness (QED) is 0.776. The molecule has 1 aliphatic rings. The van der Waals surface area contributed by atoms with Gasteiger partial charge in [-0.05, 0) is 37.0 Å². The molecule has 3 rings (SSSR count). The van der Waals surface area contributed by atoms with Crippen molar-refractivity contribution < 1.29 is 14.3 Å². The lowest BCUT2D eigenvalue weighted by atomic mass is 10.1. The topological polar surface area (TPSA) is 64.5 Å². The second-order valence-corrected chi connectivity index (χ2v) is 6.69. The summed E-state index contributed by atoms with van der Waals surface area (Å²) >= 11 is 5.78. The van der Waals surface area contributed by atoms with Gasteiger partial charge >= 0.3 is 6.01 Å². The van der Waals surface area contributed by atoms with Gasteiger partial charge in [0.2, 0.25) is 5.91 Å². The van der Waals surface area contributed by atoms with Gasteiger partial charge < -0.3 is 14.4 Å². The molecule has 1 atom stereocenters. The number of benzene rings is 1. The van der Waals surface area contributed by atoms with Crippen molar-refractivity contribution in [2.75, 3.05) is 20.2 Å². The van der Waals surface area contributed by atoms with E-state index < -0.39 is 0 Å². The average molecular weight is 376 g/mol. The van der Waals surface area contributed by atoms with E-state index in [-0.39, 0.29) is 12.0 Å². The van der Waals surface area contributed by atoms with E-state index in [2.05, 4.69) is 9.97 Å². The van der Waals surface area contributed by atoms with Crippen molar-refractivity contribution in [3.8, 4) is 11.8 Å². The number of halogens is 1. The van der Waals surface area contributed by atoms with Gasteiger partial charge in [-0.2, -0.15) is 0 Å². The van der Waals surface area contributed by atoms with Crippen LogP contribution < -0.4 is 9.47 Å². The van der Waals surface area contributed by atoms with Gasteiger partial charge in [-0.15, -0.1) is 0 Å². The summed E-state index contributed by atoms with van der Waals surface area (Å²) < 4.78 is 10.9. The number of aromatic nitrogens is 2. The van der Waals surface area contributed by atoms with Gasteiger partial charge in [0.25, 0.3) is 0 Å². The molecule has 1 aliphatic heterocycles. The van der Waals surface area contributed by atoms with E-state index >= 15 is 0 Å². The Balaban J connectivity index is 1.49. The van der Waals surface area contributed by atoms with Gasteiger partial charge in [0.1, 0.15) is 11.9 Å². The molecule has 1 amide bonds. The third-order valence-electron chi connectivity index (χ3n) is 4.39. The number of piperidine rings is 1. The summed E-state index contributed by atoms with van der Waals surface area (Å²) in [7, 11) is 1.64. The van der Waals surface area contributed by atoms with Crippen molar-refractivity contribution >= 4 is 17.5 Å². The highest BCUT2D eigenvalue weighted by atomic mass is 35.5. The zero-order valence-corrected chi connectivity index (χ0v) is 15.5. The molecule has 1 saturated heterocycles. The molecule has 1 fully saturated rings. The Morgan fingerprint density at radius 2 is 2.00 bits per heavy atom. The molecule has 1 aromatic carbocycles. The van der Waals surface area contributed by atoms with E-state index in [1.807, 2.05) is 29.2 Å². The summed E-state index contributed by atoms with van der Waals surface area (Å²) in [6, 6.07) is 8.11. The lowest BCUT2D eigenvalue weighted by Gasteiger charge is -2.32. The lowest BCUT2D eigenvalue weighted by Crippen LogP contribution is -2.44. The van der Waals surface area contributed by atoms with Crippen LogP contribution >= 0.6 is 11.6 Å². The molecule has 0 N–H and O–H groups in total. The average Bonchev–Trinajstić information content (AvgIpc) is 2.68. The summed E-state index contributed by atoms with van der Waals surface area (Å²) in [6.45, 7) is 1.33. The monoisotopic (exact) mass is 375 g/mol. The first-order valence-electron chi connectivity index (χ1n) is 8.69. The molecule has 7 heteroatoms. The maximum absolute atomic E-state index is 12.5. The molecular formula is C19H22ClN3O3. The van der Waals surface area contributed by atoms with E-state index in [9.17, 15) is 4.79 Å². The summed E-state index contributed by atoms with van der Waals surface area (Å²) in [4.78, 5) is 22.5. The molecule has 0 saturated carbocycles. The van der Waals surface area contributed by atoms with Crippen molar-refractivity contribution in [3.63, 3.8) is 0 Å². The zero-order chi connectivity index (χ0) is 18.4. The van der Waals surface area contributed by atoms with Crippen LogP contribution in [0.2, 0.25) is 5.02 Å². The number of carbonyl (C=O) groups is 1. The Kier molecular flexibility index (Phi) is 6.28. The minimum absolute atomic E-state index is 0.0881. The Morgan fingerprint density at radius 3 is 2.69 bits per heavy atom. The molecule has 138 valence electrons. The van der Waals surface area contributed by atoms with E-state index in [1.54, 1.807) is 7.11 Å². The third kappa shape index (κ3) is 5.08. The van der Waals surface area contributed by atoms with Crippen LogP contribution in [0.4, 0.5) is 0 Å². The molecule has 2 heterocycles. The Bertz CT molecular complexity index is 722. The molecule has 0 spiro atoms. The van der Waals surface area contributed by atoms with Gasteiger partial charge in [0.05, 0.1) is 31.1 Å². The summed E-state index contributed by atoms with van der Waals surface area (Å²) in [5, 5.41) is 0.469. The van der Waals surface area contributed by atoms with Crippen LogP contribution in [0.1, 0.15) is 24.8 Å². The van der Waals surface area contributed by atoms with Crippen LogP contribution in [-0.4, -0.2) is 47.1 Å². The van der Waals surface area contributed by atoms with Crippen LogP contribution in [0.3, 0.4) is 0 Å². The first-order valence-corrected chi connectivity index (χ1v) is 9.07. The van der Waals surface area contributed by atoms with E-state index in [4.69, 9.17) is 21.1 Å². The summed E-state index contributed by atoms with van der Waals surface area (Å²) in [5.41, 5.74) is 1.12. The predicted octanol–water partition coefficient (Wildman–Crippen LogP) is 3.14. The van der Waals surface area contributed by atoms with Gasteiger partial charge in [-0.3, -0.25) is 4.79 Å². The van der Waals surface area contributed by atoms with Gasteiger partial charge in [0, 0.05) is 13.0 Å². The Labute approximate surface area is 158 Å². The SMILES string of the molecule is COc1ccc(CCC(=O)N2CCCC(Oc3ncc(Cl)cn3)C2)cc1. The van der Waals surface area contributed by atoms with E-state index in [0.29, 0.717) is 30.4 Å². The highest BCUT2D eigenvalue weighted by molar-refractivity contribution is 6.30. The van der Waals surface area contributed by atoms with Crippen LogP contribution in [0.25, 0.3) is 0 Å². The molecule has 1 aromatic heterocycles. The van der Waals surface area contributed by atoms with Crippen molar-refractivity contribution in [2.24, 2.45) is 0 Å². The number of amides is 1.